The van der Waals surface area contributed by atoms with Gasteiger partial charge in [-0.3, -0.25) is 4.79 Å². The molecule has 0 radical (unpaired) electrons. The molecular formula is C14H15ClN2O2. The molecule has 0 spiro atoms. The molecule has 1 unspecified atom stereocenters. The molecule has 5 heteroatoms. The van der Waals surface area contributed by atoms with Crippen molar-refractivity contribution in [2.24, 2.45) is 5.73 Å². The number of hydrogen-bond acceptors (Lipinski definition) is 3. The lowest BCUT2D eigenvalue weighted by Gasteiger charge is -2.15. The van der Waals surface area contributed by atoms with Crippen LogP contribution in [0.1, 0.15) is 22.3 Å². The van der Waals surface area contributed by atoms with Crippen LogP contribution in [0.3, 0.4) is 0 Å². The Bertz CT molecular complexity index is 548. The minimum atomic E-state index is -0.422. The average Bonchev–Trinajstić information content (AvgIpc) is 2.83. The maximum atomic E-state index is 12.2. The van der Waals surface area contributed by atoms with Crippen molar-refractivity contribution in [3.8, 4) is 11.8 Å². The Morgan fingerprint density at radius 1 is 1.58 bits per heavy atom. The Morgan fingerprint density at radius 2 is 2.37 bits per heavy atom. The number of carbonyl (C=O) groups is 1. The molecular weight excluding hydrogens is 264 g/mol. The van der Waals surface area contributed by atoms with Crippen LogP contribution in [0, 0.1) is 11.8 Å². The summed E-state index contributed by atoms with van der Waals surface area (Å²) in [6, 6.07) is 5.01. The molecule has 0 aromatic heterocycles. The first-order chi connectivity index (χ1) is 9.11. The van der Waals surface area contributed by atoms with Crippen LogP contribution in [0.15, 0.2) is 18.2 Å². The number of nitrogens with zero attached hydrogens (tertiary/aromatic N) is 1. The molecule has 19 heavy (non-hydrogen) atoms. The van der Waals surface area contributed by atoms with Gasteiger partial charge in [-0.2, -0.15) is 0 Å². The van der Waals surface area contributed by atoms with E-state index < -0.39 is 6.10 Å². The Hall–Kier alpha value is -1.54. The molecule has 1 fully saturated rings. The highest BCUT2D eigenvalue weighted by molar-refractivity contribution is 6.32. The third-order valence-corrected chi connectivity index (χ3v) is 3.30. The lowest BCUT2D eigenvalue weighted by molar-refractivity contribution is 0.0765. The van der Waals surface area contributed by atoms with Crippen molar-refractivity contribution in [1.82, 2.24) is 4.90 Å². The van der Waals surface area contributed by atoms with Gasteiger partial charge in [0.15, 0.2) is 0 Å². The standard InChI is InChI=1S/C14H15ClN2O2/c15-13-8-11(4-3-10(13)2-1-6-16)14(19)17-7-5-12(18)9-17/h3-4,8,12,18H,5-7,9,16H2. The van der Waals surface area contributed by atoms with Gasteiger partial charge in [-0.1, -0.05) is 23.4 Å². The number of rotatable bonds is 1. The summed E-state index contributed by atoms with van der Waals surface area (Å²) in [5.41, 5.74) is 6.47. The first-order valence-electron chi connectivity index (χ1n) is 6.07. The van der Waals surface area contributed by atoms with E-state index in [1.807, 2.05) is 0 Å². The van der Waals surface area contributed by atoms with E-state index in [0.717, 1.165) is 0 Å². The molecule has 0 saturated carbocycles. The van der Waals surface area contributed by atoms with Gasteiger partial charge in [0.25, 0.3) is 5.91 Å². The molecule has 4 nitrogen and oxygen atoms in total. The average molecular weight is 279 g/mol. The molecule has 0 aliphatic carbocycles. The van der Waals surface area contributed by atoms with E-state index in [-0.39, 0.29) is 12.5 Å². The molecule has 1 saturated heterocycles. The molecule has 3 N–H and O–H groups in total. The fourth-order valence-corrected chi connectivity index (χ4v) is 2.23. The van der Waals surface area contributed by atoms with Crippen molar-refractivity contribution >= 4 is 17.5 Å². The Balaban J connectivity index is 2.17. The van der Waals surface area contributed by atoms with Gasteiger partial charge in [-0.25, -0.2) is 0 Å². The fourth-order valence-electron chi connectivity index (χ4n) is 2.00. The van der Waals surface area contributed by atoms with Gasteiger partial charge in [0.05, 0.1) is 17.7 Å². The van der Waals surface area contributed by atoms with Gasteiger partial charge in [-0.15, -0.1) is 0 Å². The summed E-state index contributed by atoms with van der Waals surface area (Å²) < 4.78 is 0. The predicted octanol–water partition coefficient (Wildman–Crippen LogP) is 0.857. The number of nitrogens with two attached hydrogens (primary N) is 1. The van der Waals surface area contributed by atoms with Gasteiger partial charge >= 0.3 is 0 Å². The Kier molecular flexibility index (Phi) is 4.43. The van der Waals surface area contributed by atoms with Crippen LogP contribution in [-0.2, 0) is 0 Å². The molecule has 1 atom stereocenters. The van der Waals surface area contributed by atoms with Crippen molar-refractivity contribution < 1.29 is 9.90 Å². The summed E-state index contributed by atoms with van der Waals surface area (Å²) in [6.07, 6.45) is 0.202. The normalized spacial score (nSPS) is 18.1. The second kappa shape index (κ2) is 6.07. The van der Waals surface area contributed by atoms with Gasteiger partial charge < -0.3 is 15.7 Å². The highest BCUT2D eigenvalue weighted by Gasteiger charge is 2.25. The Morgan fingerprint density at radius 3 is 2.95 bits per heavy atom. The number of amides is 1. The monoisotopic (exact) mass is 278 g/mol. The number of aliphatic hydroxyl groups is 1. The van der Waals surface area contributed by atoms with Crippen molar-refractivity contribution in [2.45, 2.75) is 12.5 Å². The topological polar surface area (TPSA) is 66.6 Å². The zero-order valence-corrected chi connectivity index (χ0v) is 11.2. The summed E-state index contributed by atoms with van der Waals surface area (Å²) in [5.74, 6) is 5.45. The van der Waals surface area contributed by atoms with Crippen molar-refractivity contribution in [2.75, 3.05) is 19.6 Å². The maximum absolute atomic E-state index is 12.2. The third kappa shape index (κ3) is 3.27. The van der Waals surface area contributed by atoms with Crippen LogP contribution in [0.4, 0.5) is 0 Å². The van der Waals surface area contributed by atoms with E-state index in [1.165, 1.54) is 0 Å². The zero-order valence-electron chi connectivity index (χ0n) is 10.4. The van der Waals surface area contributed by atoms with Gasteiger partial charge in [-0.05, 0) is 24.6 Å². The highest BCUT2D eigenvalue weighted by Crippen LogP contribution is 2.20. The van der Waals surface area contributed by atoms with E-state index >= 15 is 0 Å². The zero-order chi connectivity index (χ0) is 13.8. The molecule has 100 valence electrons. The number of β-amino-alcohol motifs (C(OH)–C–C–N with tert-alkyl or cyclic N) is 1. The van der Waals surface area contributed by atoms with Crippen molar-refractivity contribution in [3.05, 3.63) is 34.3 Å². The van der Waals surface area contributed by atoms with E-state index in [2.05, 4.69) is 11.8 Å². The number of carbonyl (C=O) groups excluding carboxylic acids is 1. The molecule has 1 aliphatic rings. The smallest absolute Gasteiger partial charge is 0.253 e. The maximum Gasteiger partial charge on any atom is 0.253 e. The SMILES string of the molecule is NCC#Cc1ccc(C(=O)N2CCC(O)C2)cc1Cl. The number of hydrogen-bond donors (Lipinski definition) is 2. The Labute approximate surface area is 117 Å². The number of benzene rings is 1. The fraction of sp³-hybridized carbons (Fsp3) is 0.357. The molecule has 2 rings (SSSR count). The molecule has 1 amide bonds. The molecule has 1 heterocycles. The van der Waals surface area contributed by atoms with Crippen LogP contribution in [0.2, 0.25) is 5.02 Å². The summed E-state index contributed by atoms with van der Waals surface area (Å²) in [7, 11) is 0. The number of halogens is 1. The highest BCUT2D eigenvalue weighted by atomic mass is 35.5. The summed E-state index contributed by atoms with van der Waals surface area (Å²) in [4.78, 5) is 13.8. The lowest BCUT2D eigenvalue weighted by Crippen LogP contribution is -2.29. The lowest BCUT2D eigenvalue weighted by atomic mass is 10.1. The largest absolute Gasteiger partial charge is 0.391 e. The van der Waals surface area contributed by atoms with Gasteiger partial charge in [0.1, 0.15) is 0 Å². The molecule has 1 aromatic carbocycles. The van der Waals surface area contributed by atoms with Crippen LogP contribution >= 0.6 is 11.6 Å². The predicted molar refractivity (Wildman–Crippen MR) is 73.9 cm³/mol. The van der Waals surface area contributed by atoms with E-state index in [4.69, 9.17) is 17.3 Å². The first-order valence-corrected chi connectivity index (χ1v) is 6.45. The van der Waals surface area contributed by atoms with E-state index in [0.29, 0.717) is 35.7 Å². The van der Waals surface area contributed by atoms with E-state index in [9.17, 15) is 9.90 Å². The van der Waals surface area contributed by atoms with Gasteiger partial charge in [0, 0.05) is 24.2 Å². The third-order valence-electron chi connectivity index (χ3n) is 2.99. The molecule has 1 aliphatic heterocycles. The van der Waals surface area contributed by atoms with Crippen LogP contribution in [0.5, 0.6) is 0 Å². The van der Waals surface area contributed by atoms with Crippen molar-refractivity contribution in [3.63, 3.8) is 0 Å². The molecule has 0 bridgehead atoms. The number of aliphatic hydroxyl groups excluding tert-OH is 1. The van der Waals surface area contributed by atoms with E-state index in [1.54, 1.807) is 23.1 Å². The minimum absolute atomic E-state index is 0.114. The molecule has 1 aromatic rings. The quantitative estimate of drug-likeness (QED) is 0.749. The number of likely N-dealkylation sites (tertiary alicyclic amines) is 1. The second-order valence-corrected chi connectivity index (χ2v) is 4.80. The summed E-state index contributed by atoms with van der Waals surface area (Å²) in [6.45, 7) is 1.22. The first kappa shape index (κ1) is 13.9. The second-order valence-electron chi connectivity index (χ2n) is 4.39. The van der Waals surface area contributed by atoms with Crippen LogP contribution in [-0.4, -0.2) is 41.7 Å². The minimum Gasteiger partial charge on any atom is -0.391 e. The van der Waals surface area contributed by atoms with Crippen molar-refractivity contribution in [1.29, 1.82) is 0 Å². The van der Waals surface area contributed by atoms with Gasteiger partial charge in [0.2, 0.25) is 0 Å². The van der Waals surface area contributed by atoms with Crippen LogP contribution < -0.4 is 5.73 Å². The summed E-state index contributed by atoms with van der Waals surface area (Å²) in [5, 5.41) is 9.88. The summed E-state index contributed by atoms with van der Waals surface area (Å²) >= 11 is 6.08. The van der Waals surface area contributed by atoms with Crippen LogP contribution in [0.25, 0.3) is 0 Å².